The lowest BCUT2D eigenvalue weighted by atomic mass is 10.0. The molecule has 0 fully saturated rings. The molecule has 0 bridgehead atoms. The van der Waals surface area contributed by atoms with Gasteiger partial charge in [-0.1, -0.05) is 161 Å². The molecule has 2 atom stereocenters. The average molecular weight is 774 g/mol. The lowest BCUT2D eigenvalue weighted by molar-refractivity contribution is -0.870. The number of likely N-dealkylation sites (N-methyl/N-ethyl adjacent to an activating group) is 1. The van der Waals surface area contributed by atoms with Crippen molar-refractivity contribution < 1.29 is 42.1 Å². The molecule has 0 aromatic rings. The van der Waals surface area contributed by atoms with Crippen molar-refractivity contribution in [2.24, 2.45) is 0 Å². The molecule has 0 amide bonds. The molecule has 2 unspecified atom stereocenters. The van der Waals surface area contributed by atoms with Crippen LogP contribution < -0.4 is 4.89 Å². The summed E-state index contributed by atoms with van der Waals surface area (Å²) in [6.45, 7) is 4.23. The second-order valence-electron chi connectivity index (χ2n) is 16.1. The topological polar surface area (TPSA) is 111 Å². The highest BCUT2D eigenvalue weighted by atomic mass is 31.2. The van der Waals surface area contributed by atoms with Crippen molar-refractivity contribution in [2.75, 3.05) is 47.5 Å². The maximum Gasteiger partial charge on any atom is 0.306 e. The molecule has 0 N–H and O–H groups in total. The van der Waals surface area contributed by atoms with E-state index in [0.717, 1.165) is 51.4 Å². The lowest BCUT2D eigenvalue weighted by Crippen LogP contribution is -2.37. The van der Waals surface area contributed by atoms with E-state index in [1.165, 1.54) is 116 Å². The fourth-order valence-corrected chi connectivity index (χ4v) is 6.79. The van der Waals surface area contributed by atoms with E-state index >= 15 is 0 Å². The van der Waals surface area contributed by atoms with Gasteiger partial charge in [0.1, 0.15) is 19.8 Å². The van der Waals surface area contributed by atoms with Gasteiger partial charge < -0.3 is 27.9 Å². The molecule has 0 radical (unpaired) electrons. The standard InChI is InChI=1S/C43H84NO8P/c1-6-8-10-12-14-16-18-20-21-22-24-26-28-30-32-34-36-43(46)52-41(40-51-53(47,48)50-38-37-44(3,4)5)39-49-42(45)35-33-31-29-27-25-23-19-17-15-13-11-9-7-2/h21-22,41H,6-20,23-40H2,1-5H3/b22-21-. The van der Waals surface area contributed by atoms with Gasteiger partial charge in [-0.2, -0.15) is 0 Å². The van der Waals surface area contributed by atoms with E-state index in [-0.39, 0.29) is 32.0 Å². The monoisotopic (exact) mass is 774 g/mol. The molecular formula is C43H84NO8P. The van der Waals surface area contributed by atoms with Gasteiger partial charge in [0.25, 0.3) is 7.82 Å². The van der Waals surface area contributed by atoms with Crippen molar-refractivity contribution in [1.82, 2.24) is 0 Å². The van der Waals surface area contributed by atoms with E-state index in [1.807, 2.05) is 21.1 Å². The van der Waals surface area contributed by atoms with Crippen LogP contribution in [0.4, 0.5) is 0 Å². The van der Waals surface area contributed by atoms with Gasteiger partial charge in [-0.3, -0.25) is 14.2 Å². The van der Waals surface area contributed by atoms with Crippen LogP contribution in [0.3, 0.4) is 0 Å². The van der Waals surface area contributed by atoms with Gasteiger partial charge in [0, 0.05) is 12.8 Å². The molecule has 0 aliphatic rings. The zero-order chi connectivity index (χ0) is 39.3. The molecule has 0 aliphatic carbocycles. The minimum atomic E-state index is -4.62. The summed E-state index contributed by atoms with van der Waals surface area (Å²) in [7, 11) is 1.17. The van der Waals surface area contributed by atoms with Crippen molar-refractivity contribution in [3.8, 4) is 0 Å². The SMILES string of the molecule is CCCCCCCCC/C=C\CCCCCCCC(=O)OC(COC(=O)CCCCCCCCCCCCCCC)COP(=O)([O-])OCC[N+](C)(C)C. The predicted octanol–water partition coefficient (Wildman–Crippen LogP) is 11.6. The van der Waals surface area contributed by atoms with E-state index in [1.54, 1.807) is 0 Å². The van der Waals surface area contributed by atoms with E-state index in [9.17, 15) is 19.0 Å². The fraction of sp³-hybridized carbons (Fsp3) is 0.907. The van der Waals surface area contributed by atoms with Crippen molar-refractivity contribution in [1.29, 1.82) is 0 Å². The second kappa shape index (κ2) is 36.4. The number of hydrogen-bond donors (Lipinski definition) is 0. The number of nitrogens with zero attached hydrogens (tertiary/aromatic N) is 1. The molecule has 0 saturated heterocycles. The van der Waals surface area contributed by atoms with Crippen LogP contribution in [-0.4, -0.2) is 70.0 Å². The predicted molar refractivity (Wildman–Crippen MR) is 218 cm³/mol. The maximum absolute atomic E-state index is 12.7. The normalized spacial score (nSPS) is 13.7. The van der Waals surface area contributed by atoms with Gasteiger partial charge in [0.15, 0.2) is 6.10 Å². The zero-order valence-electron chi connectivity index (χ0n) is 35.2. The third kappa shape index (κ3) is 40.2. The summed E-state index contributed by atoms with van der Waals surface area (Å²) in [6.07, 6.45) is 36.6. The van der Waals surface area contributed by atoms with Gasteiger partial charge >= 0.3 is 11.9 Å². The third-order valence-corrected chi connectivity index (χ3v) is 10.5. The summed E-state index contributed by atoms with van der Waals surface area (Å²) >= 11 is 0. The van der Waals surface area contributed by atoms with Crippen LogP contribution in [0.2, 0.25) is 0 Å². The van der Waals surface area contributed by atoms with E-state index in [4.69, 9.17) is 18.5 Å². The van der Waals surface area contributed by atoms with Crippen molar-refractivity contribution in [2.45, 2.75) is 206 Å². The highest BCUT2D eigenvalue weighted by Crippen LogP contribution is 2.38. The van der Waals surface area contributed by atoms with Crippen LogP contribution in [-0.2, 0) is 32.7 Å². The Morgan fingerprint density at radius 2 is 0.962 bits per heavy atom. The zero-order valence-corrected chi connectivity index (χ0v) is 36.1. The number of rotatable bonds is 40. The maximum atomic E-state index is 12.7. The Kier molecular flexibility index (Phi) is 35.5. The highest BCUT2D eigenvalue weighted by Gasteiger charge is 2.21. The molecule has 0 aromatic heterocycles. The summed E-state index contributed by atoms with van der Waals surface area (Å²) in [5, 5.41) is 0. The average Bonchev–Trinajstić information content (AvgIpc) is 3.10. The lowest BCUT2D eigenvalue weighted by Gasteiger charge is -2.28. The molecule has 314 valence electrons. The number of esters is 2. The number of phosphoric acid groups is 1. The highest BCUT2D eigenvalue weighted by molar-refractivity contribution is 7.45. The summed E-state index contributed by atoms with van der Waals surface area (Å²) in [4.78, 5) is 37.5. The second-order valence-corrected chi connectivity index (χ2v) is 17.5. The summed E-state index contributed by atoms with van der Waals surface area (Å²) in [5.41, 5.74) is 0. The first kappa shape index (κ1) is 51.8. The number of ether oxygens (including phenoxy) is 2. The van der Waals surface area contributed by atoms with Crippen molar-refractivity contribution >= 4 is 19.8 Å². The van der Waals surface area contributed by atoms with Gasteiger partial charge in [0.05, 0.1) is 27.7 Å². The Labute approximate surface area is 326 Å². The number of hydrogen-bond acceptors (Lipinski definition) is 8. The number of phosphoric ester groups is 1. The first-order valence-electron chi connectivity index (χ1n) is 21.9. The summed E-state index contributed by atoms with van der Waals surface area (Å²) < 4.78 is 33.9. The van der Waals surface area contributed by atoms with Crippen LogP contribution in [0.5, 0.6) is 0 Å². The quantitative estimate of drug-likeness (QED) is 0.0199. The van der Waals surface area contributed by atoms with Crippen LogP contribution in [0.15, 0.2) is 12.2 Å². The molecule has 0 aromatic carbocycles. The molecule has 0 saturated carbocycles. The molecule has 0 aliphatic heterocycles. The van der Waals surface area contributed by atoms with Crippen molar-refractivity contribution in [3.63, 3.8) is 0 Å². The van der Waals surface area contributed by atoms with E-state index in [2.05, 4.69) is 26.0 Å². The first-order chi connectivity index (χ1) is 25.5. The van der Waals surface area contributed by atoms with Gasteiger partial charge in [0.2, 0.25) is 0 Å². The van der Waals surface area contributed by atoms with Crippen LogP contribution in [0, 0.1) is 0 Å². The summed E-state index contributed by atoms with van der Waals surface area (Å²) in [6, 6.07) is 0. The number of unbranched alkanes of at least 4 members (excludes halogenated alkanes) is 24. The fourth-order valence-electron chi connectivity index (χ4n) is 6.06. The minimum Gasteiger partial charge on any atom is -0.756 e. The smallest absolute Gasteiger partial charge is 0.306 e. The first-order valence-corrected chi connectivity index (χ1v) is 23.4. The molecular weight excluding hydrogens is 689 g/mol. The molecule has 0 spiro atoms. The summed E-state index contributed by atoms with van der Waals surface area (Å²) in [5.74, 6) is -0.836. The van der Waals surface area contributed by atoms with Crippen LogP contribution in [0.1, 0.15) is 200 Å². The molecule has 0 rings (SSSR count). The Morgan fingerprint density at radius 3 is 1.40 bits per heavy atom. The third-order valence-electron chi connectivity index (χ3n) is 9.54. The van der Waals surface area contributed by atoms with Gasteiger partial charge in [-0.25, -0.2) is 0 Å². The number of carbonyl (C=O) groups is 2. The molecule has 53 heavy (non-hydrogen) atoms. The Bertz CT molecular complexity index is 922. The van der Waals surface area contributed by atoms with Crippen molar-refractivity contribution in [3.05, 3.63) is 12.2 Å². The Morgan fingerprint density at radius 1 is 0.566 bits per heavy atom. The molecule has 9 nitrogen and oxygen atoms in total. The minimum absolute atomic E-state index is 0.0294. The van der Waals surface area contributed by atoms with E-state index in [0.29, 0.717) is 17.4 Å². The molecule has 10 heteroatoms. The molecule has 0 heterocycles. The number of quaternary nitrogens is 1. The van der Waals surface area contributed by atoms with Gasteiger partial charge in [-0.05, 0) is 38.5 Å². The van der Waals surface area contributed by atoms with E-state index < -0.39 is 26.5 Å². The Balaban J connectivity index is 4.36. The van der Waals surface area contributed by atoms with Crippen LogP contribution in [0.25, 0.3) is 0 Å². The Hall–Kier alpha value is -1.25. The largest absolute Gasteiger partial charge is 0.756 e. The van der Waals surface area contributed by atoms with Crippen LogP contribution >= 0.6 is 7.82 Å². The number of allylic oxidation sites excluding steroid dienone is 2. The van der Waals surface area contributed by atoms with Gasteiger partial charge in [-0.15, -0.1) is 0 Å². The number of carbonyl (C=O) groups excluding carboxylic acids is 2.